The highest BCUT2D eigenvalue weighted by atomic mass is 32.1. The van der Waals surface area contributed by atoms with Crippen molar-refractivity contribution in [3.63, 3.8) is 0 Å². The maximum Gasteiger partial charge on any atom is 0.270 e. The molecule has 0 saturated carbocycles. The van der Waals surface area contributed by atoms with Crippen molar-refractivity contribution in [3.05, 3.63) is 35.5 Å². The molecule has 0 aliphatic rings. The summed E-state index contributed by atoms with van der Waals surface area (Å²) in [4.78, 5) is 10.7. The fraction of sp³-hybridized carbons (Fsp3) is 0.211. The van der Waals surface area contributed by atoms with Gasteiger partial charge in [-0.25, -0.2) is 4.98 Å². The van der Waals surface area contributed by atoms with Crippen LogP contribution in [0.25, 0.3) is 32.4 Å². The number of pyridine rings is 1. The summed E-state index contributed by atoms with van der Waals surface area (Å²) in [7, 11) is 3.18. The smallest absolute Gasteiger partial charge is 0.270 e. The fourth-order valence-corrected chi connectivity index (χ4v) is 4.17. The molecule has 0 atom stereocenters. The van der Waals surface area contributed by atoms with Crippen LogP contribution in [0, 0.1) is 13.8 Å². The van der Waals surface area contributed by atoms with Crippen LogP contribution in [0.5, 0.6) is 11.5 Å². The molecule has 4 aromatic rings. The summed E-state index contributed by atoms with van der Waals surface area (Å²) >= 11 is 1.45. The first kappa shape index (κ1) is 17.3. The number of aromatic nitrogens is 3. The lowest BCUT2D eigenvalue weighted by Gasteiger charge is -2.07. The Hall–Kier alpha value is -3.13. The highest BCUT2D eigenvalue weighted by Gasteiger charge is 2.21. The molecule has 1 aromatic carbocycles. The third-order valence-corrected chi connectivity index (χ3v) is 5.38. The number of hydrogen-bond acceptors (Lipinski definition) is 8. The number of rotatable bonds is 4. The number of thiophene rings is 1. The first-order chi connectivity index (χ1) is 13.0. The Morgan fingerprint density at radius 1 is 1.07 bits per heavy atom. The second-order valence-electron chi connectivity index (χ2n) is 6.09. The third-order valence-electron chi connectivity index (χ3n) is 4.29. The largest absolute Gasteiger partial charge is 0.497 e. The van der Waals surface area contributed by atoms with Gasteiger partial charge in [0.2, 0.25) is 5.82 Å². The molecule has 4 rings (SSSR count). The van der Waals surface area contributed by atoms with Crippen molar-refractivity contribution < 1.29 is 14.0 Å². The summed E-state index contributed by atoms with van der Waals surface area (Å²) in [5.41, 5.74) is 9.70. The molecule has 0 aliphatic carbocycles. The summed E-state index contributed by atoms with van der Waals surface area (Å²) in [6.45, 7) is 3.98. The Labute approximate surface area is 159 Å². The van der Waals surface area contributed by atoms with E-state index in [0.717, 1.165) is 26.4 Å². The van der Waals surface area contributed by atoms with E-state index in [0.29, 0.717) is 34.5 Å². The number of methoxy groups -OCH3 is 2. The Kier molecular flexibility index (Phi) is 4.19. The van der Waals surface area contributed by atoms with E-state index in [9.17, 15) is 0 Å². The third kappa shape index (κ3) is 2.87. The first-order valence-corrected chi connectivity index (χ1v) is 9.06. The Morgan fingerprint density at radius 2 is 1.89 bits per heavy atom. The number of hydrogen-bond donors (Lipinski definition) is 1. The fourth-order valence-electron chi connectivity index (χ4n) is 3.04. The molecule has 0 unspecified atom stereocenters. The van der Waals surface area contributed by atoms with Crippen molar-refractivity contribution in [2.24, 2.45) is 0 Å². The van der Waals surface area contributed by atoms with Crippen molar-refractivity contribution >= 4 is 27.2 Å². The van der Waals surface area contributed by atoms with Crippen LogP contribution in [0.15, 0.2) is 28.8 Å². The zero-order chi connectivity index (χ0) is 19.1. The molecule has 8 heteroatoms. The Bertz CT molecular complexity index is 1150. The van der Waals surface area contributed by atoms with Gasteiger partial charge >= 0.3 is 0 Å². The SMILES string of the molecule is COc1ccc(-c2noc(-c3sc4nc(C)cc(C)c4c3N)n2)c(OC)c1. The van der Waals surface area contributed by atoms with Gasteiger partial charge in [-0.3, -0.25) is 0 Å². The van der Waals surface area contributed by atoms with E-state index >= 15 is 0 Å². The normalized spacial score (nSPS) is 11.1. The van der Waals surface area contributed by atoms with Gasteiger partial charge in [0.25, 0.3) is 5.89 Å². The molecular weight excluding hydrogens is 364 g/mol. The molecule has 7 nitrogen and oxygen atoms in total. The van der Waals surface area contributed by atoms with E-state index in [1.54, 1.807) is 20.3 Å². The van der Waals surface area contributed by atoms with E-state index in [-0.39, 0.29) is 0 Å². The van der Waals surface area contributed by atoms with E-state index in [2.05, 4.69) is 15.1 Å². The van der Waals surface area contributed by atoms with Gasteiger partial charge in [0.15, 0.2) is 0 Å². The molecule has 3 aromatic heterocycles. The van der Waals surface area contributed by atoms with Gasteiger partial charge in [-0.15, -0.1) is 11.3 Å². The topological polar surface area (TPSA) is 96.3 Å². The predicted octanol–water partition coefficient (Wildman–Crippen LogP) is 4.23. The lowest BCUT2D eigenvalue weighted by atomic mass is 10.1. The van der Waals surface area contributed by atoms with E-state index in [1.807, 2.05) is 32.0 Å². The number of anilines is 1. The van der Waals surface area contributed by atoms with Crippen LogP contribution in [-0.2, 0) is 0 Å². The van der Waals surface area contributed by atoms with Gasteiger partial charge < -0.3 is 19.7 Å². The number of ether oxygens (including phenoxy) is 2. The number of aryl methyl sites for hydroxylation is 2. The summed E-state index contributed by atoms with van der Waals surface area (Å²) in [5.74, 6) is 2.06. The maximum absolute atomic E-state index is 6.37. The molecule has 0 saturated heterocycles. The monoisotopic (exact) mass is 382 g/mol. The Balaban J connectivity index is 1.81. The van der Waals surface area contributed by atoms with E-state index in [1.165, 1.54) is 11.3 Å². The maximum atomic E-state index is 6.37. The van der Waals surface area contributed by atoms with Crippen molar-refractivity contribution in [3.8, 4) is 33.7 Å². The highest BCUT2D eigenvalue weighted by molar-refractivity contribution is 7.22. The quantitative estimate of drug-likeness (QED) is 0.564. The molecule has 27 heavy (non-hydrogen) atoms. The number of benzene rings is 1. The summed E-state index contributed by atoms with van der Waals surface area (Å²) in [6, 6.07) is 7.43. The van der Waals surface area contributed by atoms with Crippen LogP contribution >= 0.6 is 11.3 Å². The first-order valence-electron chi connectivity index (χ1n) is 8.24. The molecule has 138 valence electrons. The summed E-state index contributed by atoms with van der Waals surface area (Å²) < 4.78 is 16.1. The van der Waals surface area contributed by atoms with Crippen molar-refractivity contribution in [1.29, 1.82) is 0 Å². The molecule has 3 heterocycles. The average Bonchev–Trinajstić information content (AvgIpc) is 3.25. The predicted molar refractivity (Wildman–Crippen MR) is 105 cm³/mol. The minimum absolute atomic E-state index is 0.362. The molecule has 2 N–H and O–H groups in total. The molecule has 0 aliphatic heterocycles. The van der Waals surface area contributed by atoms with Crippen LogP contribution in [0.3, 0.4) is 0 Å². The minimum Gasteiger partial charge on any atom is -0.497 e. The van der Waals surface area contributed by atoms with Gasteiger partial charge in [-0.05, 0) is 37.6 Å². The Morgan fingerprint density at radius 3 is 2.63 bits per heavy atom. The summed E-state index contributed by atoms with van der Waals surface area (Å²) in [6.07, 6.45) is 0. The van der Waals surface area contributed by atoms with Crippen LogP contribution in [-0.4, -0.2) is 29.3 Å². The van der Waals surface area contributed by atoms with Crippen molar-refractivity contribution in [2.75, 3.05) is 20.0 Å². The van der Waals surface area contributed by atoms with Gasteiger partial charge in [0.1, 0.15) is 21.2 Å². The number of nitrogens with zero attached hydrogens (tertiary/aromatic N) is 3. The number of fused-ring (bicyclic) bond motifs is 1. The van der Waals surface area contributed by atoms with Crippen molar-refractivity contribution in [1.82, 2.24) is 15.1 Å². The van der Waals surface area contributed by atoms with Gasteiger partial charge in [0.05, 0.1) is 25.5 Å². The van der Waals surface area contributed by atoms with Crippen molar-refractivity contribution in [2.45, 2.75) is 13.8 Å². The van der Waals surface area contributed by atoms with Crippen LogP contribution in [0.1, 0.15) is 11.3 Å². The lowest BCUT2D eigenvalue weighted by Crippen LogP contribution is -1.91. The molecule has 0 bridgehead atoms. The van der Waals surface area contributed by atoms with Crippen LogP contribution in [0.4, 0.5) is 5.69 Å². The number of nitrogen functional groups attached to an aromatic ring is 1. The van der Waals surface area contributed by atoms with Gasteiger partial charge in [-0.1, -0.05) is 5.16 Å². The van der Waals surface area contributed by atoms with E-state index < -0.39 is 0 Å². The molecule has 0 fully saturated rings. The van der Waals surface area contributed by atoms with Gasteiger partial charge in [0, 0.05) is 17.1 Å². The standard InChI is InChI=1S/C19H18N4O3S/c1-9-7-10(2)21-19-14(9)15(20)16(27-19)18-22-17(23-26-18)12-6-5-11(24-3)8-13(12)25-4/h5-8H,20H2,1-4H3. The van der Waals surface area contributed by atoms with Gasteiger partial charge in [-0.2, -0.15) is 4.98 Å². The highest BCUT2D eigenvalue weighted by Crippen LogP contribution is 2.42. The zero-order valence-electron chi connectivity index (χ0n) is 15.4. The van der Waals surface area contributed by atoms with Crippen LogP contribution < -0.4 is 15.2 Å². The molecule has 0 radical (unpaired) electrons. The van der Waals surface area contributed by atoms with Crippen LogP contribution in [0.2, 0.25) is 0 Å². The molecule has 0 spiro atoms. The average molecular weight is 382 g/mol. The lowest BCUT2D eigenvalue weighted by molar-refractivity contribution is 0.394. The zero-order valence-corrected chi connectivity index (χ0v) is 16.2. The van der Waals surface area contributed by atoms with E-state index in [4.69, 9.17) is 19.7 Å². The number of nitrogens with two attached hydrogens (primary N) is 1. The summed E-state index contributed by atoms with van der Waals surface area (Å²) in [5, 5.41) is 5.03. The minimum atomic E-state index is 0.362. The molecule has 0 amide bonds. The second kappa shape index (κ2) is 6.55. The molecular formula is C19H18N4O3S. The second-order valence-corrected chi connectivity index (χ2v) is 7.09.